The standard InChI is InChI=1S/C21H23BrN2O4S/c1-4-27-20(26)14-5-8-16(9-6-14)23-21(29)24-19(25)17-11-15(22)7-10-18(17)28-12-13(2)3/h5-11,13H,4,12H2,1-3H3,(H2,23,24,25,29). The molecule has 2 N–H and O–H groups in total. The minimum Gasteiger partial charge on any atom is -0.492 e. The molecule has 1 amide bonds. The van der Waals surface area contributed by atoms with Gasteiger partial charge in [-0.15, -0.1) is 0 Å². The summed E-state index contributed by atoms with van der Waals surface area (Å²) < 4.78 is 11.4. The zero-order valence-corrected chi connectivity index (χ0v) is 18.9. The average molecular weight is 479 g/mol. The third-order valence-electron chi connectivity index (χ3n) is 3.64. The zero-order chi connectivity index (χ0) is 21.4. The normalized spacial score (nSPS) is 10.4. The van der Waals surface area contributed by atoms with Gasteiger partial charge in [0.15, 0.2) is 5.11 Å². The SMILES string of the molecule is CCOC(=O)c1ccc(NC(=S)NC(=O)c2cc(Br)ccc2OCC(C)C)cc1. The van der Waals surface area contributed by atoms with Crippen molar-refractivity contribution in [2.75, 3.05) is 18.5 Å². The van der Waals surface area contributed by atoms with Gasteiger partial charge in [0, 0.05) is 10.2 Å². The Morgan fingerprint density at radius 2 is 1.83 bits per heavy atom. The van der Waals surface area contributed by atoms with Crippen LogP contribution in [0.5, 0.6) is 5.75 Å². The van der Waals surface area contributed by atoms with E-state index in [-0.39, 0.29) is 11.0 Å². The van der Waals surface area contributed by atoms with Crippen molar-refractivity contribution in [1.82, 2.24) is 5.32 Å². The number of carbonyl (C=O) groups is 2. The molecule has 0 atom stereocenters. The molecular weight excluding hydrogens is 456 g/mol. The van der Waals surface area contributed by atoms with E-state index in [0.29, 0.717) is 41.7 Å². The number of nitrogens with one attached hydrogen (secondary N) is 2. The summed E-state index contributed by atoms with van der Waals surface area (Å²) in [6.45, 7) is 6.63. The number of hydrogen-bond acceptors (Lipinski definition) is 5. The number of benzene rings is 2. The van der Waals surface area contributed by atoms with Crippen LogP contribution in [0.2, 0.25) is 0 Å². The van der Waals surface area contributed by atoms with Crippen LogP contribution in [-0.4, -0.2) is 30.2 Å². The van der Waals surface area contributed by atoms with E-state index in [1.54, 1.807) is 43.3 Å². The van der Waals surface area contributed by atoms with E-state index in [4.69, 9.17) is 21.7 Å². The maximum absolute atomic E-state index is 12.7. The van der Waals surface area contributed by atoms with Crippen LogP contribution in [0.3, 0.4) is 0 Å². The molecule has 0 saturated carbocycles. The van der Waals surface area contributed by atoms with E-state index < -0.39 is 5.97 Å². The highest BCUT2D eigenvalue weighted by atomic mass is 79.9. The number of halogens is 1. The predicted molar refractivity (Wildman–Crippen MR) is 121 cm³/mol. The fourth-order valence-corrected chi connectivity index (χ4v) is 2.87. The molecule has 0 spiro atoms. The molecule has 0 saturated heterocycles. The molecule has 154 valence electrons. The van der Waals surface area contributed by atoms with Crippen LogP contribution in [0.15, 0.2) is 46.9 Å². The molecule has 0 unspecified atom stereocenters. The molecule has 8 heteroatoms. The lowest BCUT2D eigenvalue weighted by Crippen LogP contribution is -2.34. The lowest BCUT2D eigenvalue weighted by molar-refractivity contribution is 0.0526. The molecule has 2 aromatic rings. The molecule has 0 radical (unpaired) electrons. The summed E-state index contributed by atoms with van der Waals surface area (Å²) in [6.07, 6.45) is 0. The molecule has 29 heavy (non-hydrogen) atoms. The zero-order valence-electron chi connectivity index (χ0n) is 16.5. The lowest BCUT2D eigenvalue weighted by Gasteiger charge is -2.14. The first kappa shape index (κ1) is 22.8. The van der Waals surface area contributed by atoms with Crippen LogP contribution in [-0.2, 0) is 4.74 Å². The van der Waals surface area contributed by atoms with Crippen LogP contribution in [0.25, 0.3) is 0 Å². The predicted octanol–water partition coefficient (Wildman–Crippen LogP) is 4.79. The van der Waals surface area contributed by atoms with Gasteiger partial charge < -0.3 is 14.8 Å². The van der Waals surface area contributed by atoms with Gasteiger partial charge in [-0.2, -0.15) is 0 Å². The lowest BCUT2D eigenvalue weighted by atomic mass is 10.2. The van der Waals surface area contributed by atoms with Crippen molar-refractivity contribution in [3.05, 3.63) is 58.1 Å². The van der Waals surface area contributed by atoms with E-state index in [1.807, 2.05) is 19.9 Å². The summed E-state index contributed by atoms with van der Waals surface area (Å²) in [7, 11) is 0. The van der Waals surface area contributed by atoms with Crippen LogP contribution in [0.4, 0.5) is 5.69 Å². The van der Waals surface area contributed by atoms with E-state index in [1.165, 1.54) is 0 Å². The van der Waals surface area contributed by atoms with Crippen molar-refractivity contribution in [3.8, 4) is 5.75 Å². The first-order chi connectivity index (χ1) is 13.8. The first-order valence-corrected chi connectivity index (χ1v) is 10.3. The Balaban J connectivity index is 2.03. The van der Waals surface area contributed by atoms with Gasteiger partial charge in [-0.1, -0.05) is 29.8 Å². The Bertz CT molecular complexity index is 885. The molecule has 0 aliphatic heterocycles. The Labute approximate surface area is 184 Å². The average Bonchev–Trinajstić information content (AvgIpc) is 2.67. The van der Waals surface area contributed by atoms with E-state index in [0.717, 1.165) is 4.47 Å². The van der Waals surface area contributed by atoms with E-state index in [9.17, 15) is 9.59 Å². The van der Waals surface area contributed by atoms with Gasteiger partial charge in [0.1, 0.15) is 5.75 Å². The van der Waals surface area contributed by atoms with Crippen LogP contribution < -0.4 is 15.4 Å². The third-order valence-corrected chi connectivity index (χ3v) is 4.34. The minimum absolute atomic E-state index is 0.133. The topological polar surface area (TPSA) is 76.7 Å². The summed E-state index contributed by atoms with van der Waals surface area (Å²) in [6, 6.07) is 11.8. The van der Waals surface area contributed by atoms with Crippen molar-refractivity contribution in [1.29, 1.82) is 0 Å². The molecule has 0 aromatic heterocycles. The molecule has 6 nitrogen and oxygen atoms in total. The summed E-state index contributed by atoms with van der Waals surface area (Å²) in [4.78, 5) is 24.4. The Kier molecular flexibility index (Phi) is 8.60. The van der Waals surface area contributed by atoms with E-state index >= 15 is 0 Å². The number of ether oxygens (including phenoxy) is 2. The van der Waals surface area contributed by atoms with Crippen molar-refractivity contribution >= 4 is 50.8 Å². The maximum Gasteiger partial charge on any atom is 0.338 e. The number of thiocarbonyl (C=S) groups is 1. The third kappa shape index (κ3) is 7.14. The quantitative estimate of drug-likeness (QED) is 0.440. The first-order valence-electron chi connectivity index (χ1n) is 9.12. The van der Waals surface area contributed by atoms with Gasteiger partial charge in [-0.05, 0) is 67.5 Å². The molecular formula is C21H23BrN2O4S. The smallest absolute Gasteiger partial charge is 0.338 e. The fourth-order valence-electron chi connectivity index (χ4n) is 2.30. The number of hydrogen-bond donors (Lipinski definition) is 2. The second-order valence-electron chi connectivity index (χ2n) is 6.55. The van der Waals surface area contributed by atoms with Gasteiger partial charge in [0.05, 0.1) is 24.3 Å². The van der Waals surface area contributed by atoms with Crippen molar-refractivity contribution in [3.63, 3.8) is 0 Å². The molecule has 2 rings (SSSR count). The molecule has 2 aromatic carbocycles. The Morgan fingerprint density at radius 3 is 2.45 bits per heavy atom. The highest BCUT2D eigenvalue weighted by Crippen LogP contribution is 2.24. The summed E-state index contributed by atoms with van der Waals surface area (Å²) in [5.74, 6) is 0.0417. The summed E-state index contributed by atoms with van der Waals surface area (Å²) >= 11 is 8.61. The highest BCUT2D eigenvalue weighted by molar-refractivity contribution is 9.10. The number of amides is 1. The van der Waals surface area contributed by atoms with Crippen molar-refractivity contribution < 1.29 is 19.1 Å². The Hall–Kier alpha value is -2.45. The number of rotatable bonds is 7. The maximum atomic E-state index is 12.7. The molecule has 0 aliphatic rings. The number of carbonyl (C=O) groups excluding carboxylic acids is 2. The fraction of sp³-hybridized carbons (Fsp3) is 0.286. The van der Waals surface area contributed by atoms with Gasteiger partial charge in [0.25, 0.3) is 5.91 Å². The van der Waals surface area contributed by atoms with Crippen molar-refractivity contribution in [2.24, 2.45) is 5.92 Å². The monoisotopic (exact) mass is 478 g/mol. The van der Waals surface area contributed by atoms with Crippen LogP contribution in [0.1, 0.15) is 41.5 Å². The van der Waals surface area contributed by atoms with Crippen LogP contribution >= 0.6 is 28.1 Å². The summed E-state index contributed by atoms with van der Waals surface area (Å²) in [5.41, 5.74) is 1.45. The molecule has 0 fully saturated rings. The highest BCUT2D eigenvalue weighted by Gasteiger charge is 2.15. The Morgan fingerprint density at radius 1 is 1.14 bits per heavy atom. The largest absolute Gasteiger partial charge is 0.492 e. The molecule has 0 heterocycles. The summed E-state index contributed by atoms with van der Waals surface area (Å²) in [5, 5.41) is 5.70. The number of anilines is 1. The second-order valence-corrected chi connectivity index (χ2v) is 7.88. The van der Waals surface area contributed by atoms with Gasteiger partial charge >= 0.3 is 5.97 Å². The molecule has 0 aliphatic carbocycles. The number of esters is 1. The second kappa shape index (κ2) is 10.9. The van der Waals surface area contributed by atoms with Gasteiger partial charge in [-0.25, -0.2) is 4.79 Å². The van der Waals surface area contributed by atoms with E-state index in [2.05, 4.69) is 26.6 Å². The van der Waals surface area contributed by atoms with Gasteiger partial charge in [-0.3, -0.25) is 10.1 Å². The molecule has 0 bridgehead atoms. The minimum atomic E-state index is -0.390. The van der Waals surface area contributed by atoms with Gasteiger partial charge in [0.2, 0.25) is 0 Å². The van der Waals surface area contributed by atoms with Crippen molar-refractivity contribution in [2.45, 2.75) is 20.8 Å². The van der Waals surface area contributed by atoms with Crippen LogP contribution in [0, 0.1) is 5.92 Å².